The minimum Gasteiger partial charge on any atom is -0.477 e. The average molecular weight is 803 g/mol. The summed E-state index contributed by atoms with van der Waals surface area (Å²) in [6.45, 7) is 0.748. The molecule has 290 valence electrons. The molecule has 0 saturated heterocycles. The minimum absolute atomic E-state index is 0.0337. The molecule has 2 aromatic heterocycles. The van der Waals surface area contributed by atoms with Crippen molar-refractivity contribution in [2.24, 2.45) is 5.92 Å². The Hall–Kier alpha value is -5.24. The van der Waals surface area contributed by atoms with Gasteiger partial charge in [-0.05, 0) is 72.9 Å². The predicted octanol–water partition coefficient (Wildman–Crippen LogP) is 7.83. The van der Waals surface area contributed by atoms with Crippen molar-refractivity contribution in [3.05, 3.63) is 95.8 Å². The Labute approximate surface area is 304 Å². The Morgan fingerprint density at radius 3 is 1.54 bits per heavy atom. The molecule has 0 unspecified atom stereocenters. The monoisotopic (exact) mass is 802 g/mol. The molecule has 5 aromatic rings. The summed E-state index contributed by atoms with van der Waals surface area (Å²) in [5, 5.41) is 19.6. The number of nitrogens with one attached hydrogen (secondary N) is 2. The van der Waals surface area contributed by atoms with Crippen LogP contribution in [-0.4, -0.2) is 59.1 Å². The number of carbonyl (C=O) groups is 2. The van der Waals surface area contributed by atoms with Crippen molar-refractivity contribution in [1.29, 1.82) is 0 Å². The van der Waals surface area contributed by atoms with Gasteiger partial charge in [-0.15, -0.1) is 0 Å². The summed E-state index contributed by atoms with van der Waals surface area (Å²) in [5.74, 6) is -2.00. The third-order valence-corrected chi connectivity index (χ3v) is 10.9. The highest BCUT2D eigenvalue weighted by Crippen LogP contribution is 2.32. The number of halogens is 6. The van der Waals surface area contributed by atoms with Gasteiger partial charge in [0, 0.05) is 46.3 Å². The first-order chi connectivity index (χ1) is 25.2. The summed E-state index contributed by atoms with van der Waals surface area (Å²) in [7, 11) is -11.1. The van der Waals surface area contributed by atoms with Gasteiger partial charge >= 0.3 is 43.0 Å². The third-order valence-electron chi connectivity index (χ3n) is 8.70. The molecule has 3 aromatic carbocycles. The van der Waals surface area contributed by atoms with Crippen molar-refractivity contribution in [1.82, 2.24) is 9.13 Å². The number of aromatic carboxylic acids is 2. The fourth-order valence-electron chi connectivity index (χ4n) is 6.21. The first-order valence-electron chi connectivity index (χ1n) is 16.1. The number of rotatable bonds is 10. The molecule has 6 rings (SSSR count). The van der Waals surface area contributed by atoms with Gasteiger partial charge in [0.15, 0.2) is 0 Å². The van der Waals surface area contributed by atoms with Crippen LogP contribution in [0.15, 0.2) is 78.9 Å². The van der Waals surface area contributed by atoms with Crippen LogP contribution in [0.3, 0.4) is 0 Å². The lowest BCUT2D eigenvalue weighted by atomic mass is 9.89. The Kier molecular flexibility index (Phi) is 11.3. The largest absolute Gasteiger partial charge is 0.516 e. The number of nitrogens with zero attached hydrogens (tertiary/aromatic N) is 2. The normalized spacial score (nSPS) is 14.4. The van der Waals surface area contributed by atoms with Gasteiger partial charge in [-0.1, -0.05) is 49.6 Å². The molecule has 4 N–H and O–H groups in total. The number of aromatic nitrogens is 2. The zero-order valence-electron chi connectivity index (χ0n) is 27.9. The number of hydrogen-bond donors (Lipinski definition) is 4. The Bertz CT molecular complexity index is 2400. The number of hydrogen-bond acceptors (Lipinski definition) is 6. The van der Waals surface area contributed by atoms with Gasteiger partial charge in [0.25, 0.3) is 0 Å². The predicted molar refractivity (Wildman–Crippen MR) is 187 cm³/mol. The second-order valence-electron chi connectivity index (χ2n) is 12.5. The maximum atomic E-state index is 12.5. The number of carboxylic acids is 2. The van der Waals surface area contributed by atoms with E-state index in [4.69, 9.17) is 0 Å². The SMILES string of the molecule is O=C(O)c1cc2cc(NS(=O)(=O)C(F)(F)F)ccc2n1CC1CCCCC1.O=C(O)c1cc2cc(NS(=O)(=O)C(F)(F)F)ccc2n1Cc1ccccc1. The van der Waals surface area contributed by atoms with Crippen LogP contribution in [0.1, 0.15) is 58.6 Å². The third kappa shape index (κ3) is 8.92. The van der Waals surface area contributed by atoms with E-state index in [0.29, 0.717) is 34.3 Å². The van der Waals surface area contributed by atoms with Gasteiger partial charge in [-0.25, -0.2) is 9.59 Å². The van der Waals surface area contributed by atoms with Crippen molar-refractivity contribution in [3.8, 4) is 0 Å². The highest BCUT2D eigenvalue weighted by molar-refractivity contribution is 7.93. The number of alkyl halides is 6. The van der Waals surface area contributed by atoms with Gasteiger partial charge in [0.2, 0.25) is 0 Å². The quantitative estimate of drug-likeness (QED) is 0.103. The molecule has 1 aliphatic carbocycles. The van der Waals surface area contributed by atoms with E-state index >= 15 is 0 Å². The van der Waals surface area contributed by atoms with Crippen LogP contribution < -0.4 is 9.44 Å². The van der Waals surface area contributed by atoms with Crippen molar-refractivity contribution in [3.63, 3.8) is 0 Å². The molecular weight excluding hydrogens is 771 g/mol. The minimum atomic E-state index is -5.56. The second kappa shape index (κ2) is 15.2. The molecule has 1 aliphatic rings. The molecule has 0 atom stereocenters. The van der Waals surface area contributed by atoms with E-state index in [0.717, 1.165) is 49.8 Å². The van der Waals surface area contributed by atoms with Gasteiger partial charge in [-0.2, -0.15) is 43.2 Å². The highest BCUT2D eigenvalue weighted by Gasteiger charge is 2.47. The molecule has 0 radical (unpaired) electrons. The van der Waals surface area contributed by atoms with Crippen molar-refractivity contribution >= 4 is 65.2 Å². The van der Waals surface area contributed by atoms with E-state index < -0.39 is 43.0 Å². The van der Waals surface area contributed by atoms with Gasteiger partial charge in [0.1, 0.15) is 11.4 Å². The lowest BCUT2D eigenvalue weighted by Crippen LogP contribution is -2.29. The first-order valence-corrected chi connectivity index (χ1v) is 19.1. The summed E-state index contributed by atoms with van der Waals surface area (Å²) in [5.41, 5.74) is -9.66. The maximum Gasteiger partial charge on any atom is 0.516 e. The molecule has 20 heteroatoms. The summed E-state index contributed by atoms with van der Waals surface area (Å²) >= 11 is 0. The highest BCUT2D eigenvalue weighted by atomic mass is 32.2. The Morgan fingerprint density at radius 1 is 0.648 bits per heavy atom. The van der Waals surface area contributed by atoms with Crippen LogP contribution in [0.25, 0.3) is 21.8 Å². The van der Waals surface area contributed by atoms with E-state index in [-0.39, 0.29) is 29.3 Å². The van der Waals surface area contributed by atoms with Crippen LogP contribution >= 0.6 is 0 Å². The van der Waals surface area contributed by atoms with Crippen LogP contribution in [0.5, 0.6) is 0 Å². The Balaban J connectivity index is 0.000000208. The number of anilines is 2. The second-order valence-corrected chi connectivity index (χ2v) is 15.9. The van der Waals surface area contributed by atoms with Crippen LogP contribution in [0, 0.1) is 5.92 Å². The van der Waals surface area contributed by atoms with Crippen LogP contribution in [-0.2, 0) is 33.1 Å². The molecule has 0 bridgehead atoms. The van der Waals surface area contributed by atoms with Gasteiger partial charge in [-0.3, -0.25) is 9.44 Å². The van der Waals surface area contributed by atoms with Gasteiger partial charge < -0.3 is 19.3 Å². The molecule has 1 saturated carbocycles. The first kappa shape index (κ1) is 40.0. The summed E-state index contributed by atoms with van der Waals surface area (Å²) in [4.78, 5) is 23.1. The molecular formula is C34H32F6N4O8S2. The van der Waals surface area contributed by atoms with Crippen molar-refractivity contribution < 1.29 is 63.0 Å². The average Bonchev–Trinajstić information content (AvgIpc) is 3.62. The summed E-state index contributed by atoms with van der Waals surface area (Å²) in [6.07, 6.45) is 5.35. The smallest absolute Gasteiger partial charge is 0.477 e. The van der Waals surface area contributed by atoms with Crippen molar-refractivity contribution in [2.75, 3.05) is 9.44 Å². The van der Waals surface area contributed by atoms with E-state index in [9.17, 15) is 63.0 Å². The molecule has 1 fully saturated rings. The fourth-order valence-corrected chi connectivity index (χ4v) is 7.32. The van der Waals surface area contributed by atoms with Gasteiger partial charge in [0.05, 0.1) is 0 Å². The molecule has 54 heavy (non-hydrogen) atoms. The number of fused-ring (bicyclic) bond motifs is 2. The van der Waals surface area contributed by atoms with E-state index in [2.05, 4.69) is 0 Å². The number of sulfonamides is 2. The van der Waals surface area contributed by atoms with Crippen LogP contribution in [0.4, 0.5) is 37.7 Å². The summed E-state index contributed by atoms with van der Waals surface area (Å²) in [6, 6.07) is 19.2. The topological polar surface area (TPSA) is 177 Å². The lowest BCUT2D eigenvalue weighted by molar-refractivity contribution is -0.0435. The standard InChI is InChI=1S/C17H19F3N2O4S.C17H13F3N2O4S/c2*18-17(19,20)27(25,26)21-13-6-7-14-12(8-13)9-15(16(23)24)22(14)10-11-4-2-1-3-5-11/h6-9,11,21H,1-5,10H2,(H,23,24);1-9,21H,10H2,(H,23,24). The zero-order chi connectivity index (χ0) is 39.6. The lowest BCUT2D eigenvalue weighted by Gasteiger charge is -2.23. The van der Waals surface area contributed by atoms with E-state index in [1.165, 1.54) is 50.4 Å². The molecule has 12 nitrogen and oxygen atoms in total. The summed E-state index contributed by atoms with van der Waals surface area (Å²) < 4.78 is 126. The van der Waals surface area contributed by atoms with Crippen molar-refractivity contribution in [2.45, 2.75) is 56.2 Å². The van der Waals surface area contributed by atoms with E-state index in [1.54, 1.807) is 16.7 Å². The number of benzene rings is 3. The maximum absolute atomic E-state index is 12.5. The fraction of sp³-hybridized carbons (Fsp3) is 0.294. The van der Waals surface area contributed by atoms with Crippen LogP contribution in [0.2, 0.25) is 0 Å². The Morgan fingerprint density at radius 2 is 1.09 bits per heavy atom. The zero-order valence-corrected chi connectivity index (χ0v) is 29.5. The number of carboxylic acid groups (broad SMARTS) is 2. The molecule has 2 heterocycles. The molecule has 0 amide bonds. The molecule has 0 aliphatic heterocycles. The molecule has 0 spiro atoms. The van der Waals surface area contributed by atoms with E-state index in [1.807, 2.05) is 18.2 Å².